The molecule has 0 aliphatic heterocycles. The second-order valence-corrected chi connectivity index (χ2v) is 7.62. The zero-order valence-electron chi connectivity index (χ0n) is 16.9. The summed E-state index contributed by atoms with van der Waals surface area (Å²) in [4.78, 5) is 46.7. The summed E-state index contributed by atoms with van der Waals surface area (Å²) in [5.41, 5.74) is -0.513. The summed E-state index contributed by atoms with van der Waals surface area (Å²) in [5, 5.41) is 13.9. The predicted molar refractivity (Wildman–Crippen MR) is 101 cm³/mol. The van der Waals surface area contributed by atoms with Gasteiger partial charge in [0, 0.05) is 25.5 Å². The molecule has 0 aromatic carbocycles. The van der Waals surface area contributed by atoms with Gasteiger partial charge in [0.25, 0.3) is 0 Å². The van der Waals surface area contributed by atoms with Crippen LogP contribution in [0.4, 0.5) is 0 Å². The first kappa shape index (κ1) is 24.6. The molecule has 0 aliphatic rings. The van der Waals surface area contributed by atoms with Gasteiger partial charge in [-0.05, 0) is 46.0 Å². The van der Waals surface area contributed by atoms with Crippen LogP contribution < -0.4 is 10.6 Å². The Labute approximate surface area is 160 Å². The molecule has 0 bridgehead atoms. The van der Waals surface area contributed by atoms with Gasteiger partial charge in [0.2, 0.25) is 11.8 Å². The predicted octanol–water partition coefficient (Wildman–Crippen LogP) is 1.79. The number of likely N-dealkylation sites (N-methyl/N-ethyl adjacent to an activating group) is 1. The number of amides is 2. The number of carboxylic acids is 1. The van der Waals surface area contributed by atoms with Gasteiger partial charge in [-0.15, -0.1) is 0 Å². The lowest BCUT2D eigenvalue weighted by atomic mass is 9.98. The number of ether oxygens (including phenoxy) is 1. The Morgan fingerprint density at radius 1 is 1.11 bits per heavy atom. The normalized spacial score (nSPS) is 13.2. The Kier molecular flexibility index (Phi) is 10.4. The van der Waals surface area contributed by atoms with Crippen molar-refractivity contribution >= 4 is 23.8 Å². The number of aliphatic carboxylic acids is 1. The molecule has 0 radical (unpaired) electrons. The number of rotatable bonds is 11. The molecule has 0 aliphatic carbocycles. The third-order valence-electron chi connectivity index (χ3n) is 3.73. The zero-order valence-corrected chi connectivity index (χ0v) is 16.9. The highest BCUT2D eigenvalue weighted by Crippen LogP contribution is 2.15. The van der Waals surface area contributed by atoms with E-state index in [1.54, 1.807) is 20.8 Å². The molecule has 154 valence electrons. The average Bonchev–Trinajstić information content (AvgIpc) is 2.53. The Bertz CT molecular complexity index is 565. The summed E-state index contributed by atoms with van der Waals surface area (Å²) in [6.45, 7) is 10.5. The molecule has 0 aromatic heterocycles. The molecule has 0 unspecified atom stereocenters. The van der Waals surface area contributed by atoms with Crippen molar-refractivity contribution < 1.29 is 29.0 Å². The minimum atomic E-state index is -1.05. The first-order valence-electron chi connectivity index (χ1n) is 8.99. The average molecular weight is 384 g/mol. The maximum atomic E-state index is 12.2. The first-order valence-corrected chi connectivity index (χ1v) is 8.99. The lowest BCUT2D eigenvalue weighted by Crippen LogP contribution is -2.46. The van der Waals surface area contributed by atoms with E-state index in [1.165, 1.54) is 7.05 Å². The van der Waals surface area contributed by atoms with Crippen molar-refractivity contribution in [3.63, 3.8) is 0 Å². The van der Waals surface area contributed by atoms with Gasteiger partial charge < -0.3 is 20.5 Å². The molecule has 0 rings (SSSR count). The van der Waals surface area contributed by atoms with E-state index >= 15 is 0 Å². The van der Waals surface area contributed by atoms with Gasteiger partial charge in [-0.1, -0.05) is 13.5 Å². The second kappa shape index (κ2) is 11.4. The van der Waals surface area contributed by atoms with E-state index < -0.39 is 23.6 Å². The number of nitrogens with one attached hydrogen (secondary N) is 2. The number of carbonyl (C=O) groups is 4. The smallest absolute Gasteiger partial charge is 0.330 e. The molecule has 8 heteroatoms. The molecule has 8 nitrogen and oxygen atoms in total. The number of hydrogen-bond acceptors (Lipinski definition) is 5. The summed E-state index contributed by atoms with van der Waals surface area (Å²) in [6.07, 6.45) is 1.07. The van der Waals surface area contributed by atoms with Crippen molar-refractivity contribution in [3.8, 4) is 0 Å². The van der Waals surface area contributed by atoms with E-state index in [1.807, 2.05) is 6.92 Å². The van der Waals surface area contributed by atoms with E-state index in [2.05, 4.69) is 17.2 Å². The highest BCUT2D eigenvalue weighted by Gasteiger charge is 2.23. The van der Waals surface area contributed by atoms with E-state index in [9.17, 15) is 19.2 Å². The molecular weight excluding hydrogens is 352 g/mol. The van der Waals surface area contributed by atoms with Gasteiger partial charge in [-0.2, -0.15) is 0 Å². The third-order valence-corrected chi connectivity index (χ3v) is 3.73. The Morgan fingerprint density at radius 3 is 2.19 bits per heavy atom. The van der Waals surface area contributed by atoms with Crippen molar-refractivity contribution in [3.05, 3.63) is 12.2 Å². The molecule has 0 saturated carbocycles. The summed E-state index contributed by atoms with van der Waals surface area (Å²) < 4.78 is 5.21. The Balaban J connectivity index is 4.56. The van der Waals surface area contributed by atoms with Gasteiger partial charge >= 0.3 is 11.9 Å². The molecule has 0 fully saturated rings. The maximum absolute atomic E-state index is 12.2. The first-order chi connectivity index (χ1) is 12.4. The van der Waals surface area contributed by atoms with Crippen LogP contribution in [0.25, 0.3) is 0 Å². The highest BCUT2D eigenvalue weighted by atomic mass is 16.6. The Morgan fingerprint density at radius 2 is 1.70 bits per heavy atom. The van der Waals surface area contributed by atoms with Crippen molar-refractivity contribution in [1.82, 2.24) is 10.6 Å². The molecule has 0 aromatic rings. The van der Waals surface area contributed by atoms with Crippen molar-refractivity contribution in [2.45, 2.75) is 71.4 Å². The van der Waals surface area contributed by atoms with Crippen LogP contribution in [0.5, 0.6) is 0 Å². The van der Waals surface area contributed by atoms with Crippen LogP contribution >= 0.6 is 0 Å². The standard InChI is InChI=1S/C19H32N2O6/c1-12(7-8-13(2)18(25)26)11-15(22)21-14(17(24)20-6)9-10-16(23)27-19(3,4)5/h12,14H,2,7-11H2,1,3-6H3,(H,20,24)(H,21,22)(H,25,26)/t12-,14+/m1/s1. The highest BCUT2D eigenvalue weighted by molar-refractivity contribution is 5.88. The largest absolute Gasteiger partial charge is 0.478 e. The van der Waals surface area contributed by atoms with Crippen LogP contribution in [-0.2, 0) is 23.9 Å². The summed E-state index contributed by atoms with van der Waals surface area (Å²) in [5.74, 6) is -2.28. The zero-order chi connectivity index (χ0) is 21.2. The van der Waals surface area contributed by atoms with Crippen LogP contribution in [0.3, 0.4) is 0 Å². The molecule has 27 heavy (non-hydrogen) atoms. The summed E-state index contributed by atoms with van der Waals surface area (Å²) in [6, 6.07) is -0.837. The number of carboxylic acid groups (broad SMARTS) is 1. The minimum Gasteiger partial charge on any atom is -0.478 e. The second-order valence-electron chi connectivity index (χ2n) is 7.62. The van der Waals surface area contributed by atoms with Crippen molar-refractivity contribution in [2.24, 2.45) is 5.92 Å². The van der Waals surface area contributed by atoms with E-state index in [0.717, 1.165) is 0 Å². The molecular formula is C19H32N2O6. The molecule has 2 amide bonds. The van der Waals surface area contributed by atoms with Gasteiger partial charge in [-0.3, -0.25) is 14.4 Å². The molecule has 0 spiro atoms. The molecule has 0 saturated heterocycles. The molecule has 3 N–H and O–H groups in total. The molecule has 2 atom stereocenters. The lowest BCUT2D eigenvalue weighted by molar-refractivity contribution is -0.155. The molecule has 0 heterocycles. The van der Waals surface area contributed by atoms with Crippen LogP contribution in [0.15, 0.2) is 12.2 Å². The van der Waals surface area contributed by atoms with Gasteiger partial charge in [-0.25, -0.2) is 4.79 Å². The van der Waals surface area contributed by atoms with Crippen molar-refractivity contribution in [1.29, 1.82) is 0 Å². The fraction of sp³-hybridized carbons (Fsp3) is 0.684. The fourth-order valence-corrected chi connectivity index (χ4v) is 2.30. The monoisotopic (exact) mass is 384 g/mol. The lowest BCUT2D eigenvalue weighted by Gasteiger charge is -2.21. The number of hydrogen-bond donors (Lipinski definition) is 3. The van der Waals surface area contributed by atoms with E-state index in [-0.39, 0.29) is 42.6 Å². The van der Waals surface area contributed by atoms with Crippen LogP contribution in [0.2, 0.25) is 0 Å². The van der Waals surface area contributed by atoms with Gasteiger partial charge in [0.1, 0.15) is 11.6 Å². The van der Waals surface area contributed by atoms with E-state index in [4.69, 9.17) is 9.84 Å². The fourth-order valence-electron chi connectivity index (χ4n) is 2.30. The Hall–Kier alpha value is -2.38. The summed E-state index contributed by atoms with van der Waals surface area (Å²) >= 11 is 0. The third kappa shape index (κ3) is 11.8. The van der Waals surface area contributed by atoms with Gasteiger partial charge in [0.15, 0.2) is 0 Å². The quantitative estimate of drug-likeness (QED) is 0.369. The van der Waals surface area contributed by atoms with Crippen LogP contribution in [-0.4, -0.2) is 47.6 Å². The number of carbonyl (C=O) groups excluding carboxylic acids is 3. The summed E-state index contributed by atoms with van der Waals surface area (Å²) in [7, 11) is 1.45. The van der Waals surface area contributed by atoms with Crippen molar-refractivity contribution in [2.75, 3.05) is 7.05 Å². The van der Waals surface area contributed by atoms with Crippen LogP contribution in [0.1, 0.15) is 59.8 Å². The topological polar surface area (TPSA) is 122 Å². The van der Waals surface area contributed by atoms with Crippen LogP contribution in [0, 0.1) is 5.92 Å². The maximum Gasteiger partial charge on any atom is 0.330 e. The van der Waals surface area contributed by atoms with E-state index in [0.29, 0.717) is 12.8 Å². The van der Waals surface area contributed by atoms with Gasteiger partial charge in [0.05, 0.1) is 0 Å². The SMILES string of the molecule is C=C(CC[C@@H](C)CC(=O)N[C@@H](CCC(=O)OC(C)(C)C)C(=O)NC)C(=O)O. The number of esters is 1. The minimum absolute atomic E-state index is 0.00360.